The normalized spacial score (nSPS) is 9.71. The van der Waals surface area contributed by atoms with Gasteiger partial charge in [0.05, 0.1) is 30.6 Å². The van der Waals surface area contributed by atoms with E-state index in [1.807, 2.05) is 0 Å². The first kappa shape index (κ1) is 12.7. The number of pyridine rings is 1. The van der Waals surface area contributed by atoms with Crippen molar-refractivity contribution >= 4 is 23.3 Å². The predicted molar refractivity (Wildman–Crippen MR) is 60.4 cm³/mol. The number of carbonyl (C=O) groups excluding carboxylic acids is 1. The summed E-state index contributed by atoms with van der Waals surface area (Å²) in [5.74, 6) is -0.0868. The summed E-state index contributed by atoms with van der Waals surface area (Å²) in [4.78, 5) is 24.7. The van der Waals surface area contributed by atoms with Crippen molar-refractivity contribution in [1.29, 1.82) is 0 Å². The molecular formula is C9H12N4O4. The van der Waals surface area contributed by atoms with Crippen molar-refractivity contribution in [3.63, 3.8) is 0 Å². The number of hydrogen-bond acceptors (Lipinski definition) is 7. The van der Waals surface area contributed by atoms with E-state index >= 15 is 0 Å². The van der Waals surface area contributed by atoms with E-state index in [1.165, 1.54) is 13.2 Å². The van der Waals surface area contributed by atoms with E-state index in [0.717, 1.165) is 6.07 Å². The lowest BCUT2D eigenvalue weighted by Crippen LogP contribution is -2.11. The number of aromatic nitrogens is 1. The number of hydrogen-bond donors (Lipinski definition) is 2. The predicted octanol–water partition coefficient (Wildman–Crippen LogP) is 0.547. The number of nitrogen functional groups attached to an aromatic ring is 1. The average molecular weight is 240 g/mol. The van der Waals surface area contributed by atoms with Crippen molar-refractivity contribution in [2.24, 2.45) is 0 Å². The Balaban J connectivity index is 2.65. The maximum atomic E-state index is 10.8. The molecule has 0 saturated heterocycles. The van der Waals surface area contributed by atoms with E-state index in [0.29, 0.717) is 0 Å². The molecule has 0 unspecified atom stereocenters. The summed E-state index contributed by atoms with van der Waals surface area (Å²) >= 11 is 0. The highest BCUT2D eigenvalue weighted by Crippen LogP contribution is 2.18. The fraction of sp³-hybridized carbons (Fsp3) is 0.333. The van der Waals surface area contributed by atoms with Crippen LogP contribution in [-0.4, -0.2) is 29.5 Å². The molecule has 17 heavy (non-hydrogen) atoms. The van der Waals surface area contributed by atoms with Crippen molar-refractivity contribution in [3.8, 4) is 0 Å². The summed E-state index contributed by atoms with van der Waals surface area (Å²) in [6.07, 6.45) is 0.140. The summed E-state index contributed by atoms with van der Waals surface area (Å²) < 4.78 is 4.44. The monoisotopic (exact) mass is 240 g/mol. The fourth-order valence-corrected chi connectivity index (χ4v) is 1.13. The van der Waals surface area contributed by atoms with Gasteiger partial charge in [0.15, 0.2) is 0 Å². The Labute approximate surface area is 96.9 Å². The van der Waals surface area contributed by atoms with Crippen LogP contribution < -0.4 is 11.1 Å². The summed E-state index contributed by atoms with van der Waals surface area (Å²) in [7, 11) is 1.28. The zero-order chi connectivity index (χ0) is 12.8. The molecule has 8 nitrogen and oxygen atoms in total. The van der Waals surface area contributed by atoms with Crippen LogP contribution in [0.4, 0.5) is 17.3 Å². The second kappa shape index (κ2) is 5.64. The molecule has 0 aromatic carbocycles. The minimum atomic E-state index is -0.566. The Morgan fingerprint density at radius 3 is 2.94 bits per heavy atom. The maximum Gasteiger partial charge on any atom is 0.307 e. The molecule has 0 bridgehead atoms. The van der Waals surface area contributed by atoms with Gasteiger partial charge in [0.2, 0.25) is 0 Å². The number of anilines is 2. The average Bonchev–Trinajstić information content (AvgIpc) is 2.28. The largest absolute Gasteiger partial charge is 0.469 e. The summed E-state index contributed by atoms with van der Waals surface area (Å²) in [6, 6.07) is 2.40. The van der Waals surface area contributed by atoms with Crippen molar-refractivity contribution in [3.05, 3.63) is 22.2 Å². The minimum absolute atomic E-state index is 0.0415. The third-order valence-corrected chi connectivity index (χ3v) is 1.90. The van der Waals surface area contributed by atoms with Gasteiger partial charge in [-0.15, -0.1) is 0 Å². The molecule has 3 N–H and O–H groups in total. The van der Waals surface area contributed by atoms with E-state index in [4.69, 9.17) is 5.73 Å². The van der Waals surface area contributed by atoms with Crippen LogP contribution in [0.25, 0.3) is 0 Å². The highest BCUT2D eigenvalue weighted by molar-refractivity contribution is 5.69. The van der Waals surface area contributed by atoms with Crippen LogP contribution >= 0.6 is 0 Å². The van der Waals surface area contributed by atoms with Crippen LogP contribution in [0.5, 0.6) is 0 Å². The van der Waals surface area contributed by atoms with Crippen LogP contribution in [0.2, 0.25) is 0 Å². The standard InChI is InChI=1S/C9H12N4O4/c1-17-9(14)2-3-11-8-5-6(13(15)16)4-7(10)12-8/h4-5H,2-3H2,1H3,(H3,10,11,12). The quantitative estimate of drug-likeness (QED) is 0.438. The van der Waals surface area contributed by atoms with Crippen molar-refractivity contribution in [2.45, 2.75) is 6.42 Å². The first-order chi connectivity index (χ1) is 8.02. The molecule has 0 aliphatic carbocycles. The van der Waals surface area contributed by atoms with Gasteiger partial charge in [-0.2, -0.15) is 0 Å². The smallest absolute Gasteiger partial charge is 0.307 e. The molecule has 0 saturated carbocycles. The van der Waals surface area contributed by atoms with Crippen LogP contribution in [0.3, 0.4) is 0 Å². The molecule has 0 atom stereocenters. The molecule has 1 rings (SSSR count). The Kier molecular flexibility index (Phi) is 4.21. The summed E-state index contributed by atoms with van der Waals surface area (Å²) in [5, 5.41) is 13.3. The van der Waals surface area contributed by atoms with Gasteiger partial charge in [-0.05, 0) is 0 Å². The number of methoxy groups -OCH3 is 1. The van der Waals surface area contributed by atoms with E-state index < -0.39 is 4.92 Å². The Morgan fingerprint density at radius 1 is 1.65 bits per heavy atom. The number of carbonyl (C=O) groups is 1. The highest BCUT2D eigenvalue weighted by Gasteiger charge is 2.09. The van der Waals surface area contributed by atoms with Gasteiger partial charge in [-0.3, -0.25) is 14.9 Å². The Morgan fingerprint density at radius 2 is 2.35 bits per heavy atom. The van der Waals surface area contributed by atoms with Crippen molar-refractivity contribution in [1.82, 2.24) is 4.98 Å². The van der Waals surface area contributed by atoms with E-state index in [1.54, 1.807) is 0 Å². The first-order valence-electron chi connectivity index (χ1n) is 4.75. The zero-order valence-corrected chi connectivity index (χ0v) is 9.17. The highest BCUT2D eigenvalue weighted by atomic mass is 16.6. The summed E-state index contributed by atoms with van der Waals surface area (Å²) in [5.41, 5.74) is 5.25. The molecule has 8 heteroatoms. The lowest BCUT2D eigenvalue weighted by molar-refractivity contribution is -0.384. The fourth-order valence-electron chi connectivity index (χ4n) is 1.13. The van der Waals surface area contributed by atoms with Crippen molar-refractivity contribution < 1.29 is 14.5 Å². The lowest BCUT2D eigenvalue weighted by Gasteiger charge is -2.05. The number of esters is 1. The lowest BCUT2D eigenvalue weighted by atomic mass is 10.3. The van der Waals surface area contributed by atoms with Crippen molar-refractivity contribution in [2.75, 3.05) is 24.7 Å². The molecular weight excluding hydrogens is 228 g/mol. The van der Waals surface area contributed by atoms with Crippen LogP contribution in [0.15, 0.2) is 12.1 Å². The van der Waals surface area contributed by atoms with Crippen LogP contribution in [0, 0.1) is 10.1 Å². The number of nitrogens with one attached hydrogen (secondary N) is 1. The van der Waals surface area contributed by atoms with Crippen LogP contribution in [-0.2, 0) is 9.53 Å². The molecule has 0 aliphatic rings. The Hall–Kier alpha value is -2.38. The van der Waals surface area contributed by atoms with Gasteiger partial charge in [0.1, 0.15) is 11.6 Å². The van der Waals surface area contributed by atoms with Gasteiger partial charge >= 0.3 is 5.97 Å². The maximum absolute atomic E-state index is 10.8. The molecule has 0 fully saturated rings. The number of nitrogens with zero attached hydrogens (tertiary/aromatic N) is 2. The van der Waals surface area contributed by atoms with Gasteiger partial charge < -0.3 is 15.8 Å². The Bertz CT molecular complexity index is 435. The van der Waals surface area contributed by atoms with Gasteiger partial charge in [-0.25, -0.2) is 4.98 Å². The molecule has 92 valence electrons. The third kappa shape index (κ3) is 3.93. The molecule has 1 heterocycles. The first-order valence-corrected chi connectivity index (χ1v) is 4.75. The third-order valence-electron chi connectivity index (χ3n) is 1.90. The topological polar surface area (TPSA) is 120 Å². The van der Waals surface area contributed by atoms with Gasteiger partial charge in [-0.1, -0.05) is 0 Å². The van der Waals surface area contributed by atoms with E-state index in [2.05, 4.69) is 15.0 Å². The second-order valence-electron chi connectivity index (χ2n) is 3.15. The molecule has 1 aromatic heterocycles. The number of rotatable bonds is 5. The zero-order valence-electron chi connectivity index (χ0n) is 9.17. The SMILES string of the molecule is COC(=O)CCNc1cc([N+](=O)[O-])cc(N)n1. The van der Waals surface area contributed by atoms with Gasteiger partial charge in [0.25, 0.3) is 5.69 Å². The summed E-state index contributed by atoms with van der Waals surface area (Å²) in [6.45, 7) is 0.264. The van der Waals surface area contributed by atoms with Gasteiger partial charge in [0, 0.05) is 6.54 Å². The molecule has 0 aliphatic heterocycles. The second-order valence-corrected chi connectivity index (χ2v) is 3.15. The van der Waals surface area contributed by atoms with E-state index in [9.17, 15) is 14.9 Å². The molecule has 0 radical (unpaired) electrons. The van der Waals surface area contributed by atoms with Crippen LogP contribution in [0.1, 0.15) is 6.42 Å². The number of nitrogens with two attached hydrogens (primary N) is 1. The number of ether oxygens (including phenoxy) is 1. The molecule has 0 spiro atoms. The number of nitro groups is 1. The van der Waals surface area contributed by atoms with E-state index in [-0.39, 0.29) is 36.3 Å². The minimum Gasteiger partial charge on any atom is -0.469 e. The molecule has 1 aromatic rings. The molecule has 0 amide bonds.